The average Bonchev–Trinajstić information content (AvgIpc) is 2.68. The lowest BCUT2D eigenvalue weighted by molar-refractivity contribution is 0.0662. The van der Waals surface area contributed by atoms with Crippen LogP contribution in [0.15, 0.2) is 48.5 Å². The summed E-state index contributed by atoms with van der Waals surface area (Å²) in [6, 6.07) is 15.4. The van der Waals surface area contributed by atoms with Crippen molar-refractivity contribution >= 4 is 17.3 Å². The molecule has 0 bridgehead atoms. The highest BCUT2D eigenvalue weighted by Crippen LogP contribution is 2.20. The lowest BCUT2D eigenvalue weighted by Crippen LogP contribution is -2.49. The largest absolute Gasteiger partial charge is 0.497 e. The summed E-state index contributed by atoms with van der Waals surface area (Å²) < 4.78 is 10.8. The van der Waals surface area contributed by atoms with Gasteiger partial charge in [0.15, 0.2) is 0 Å². The Bertz CT molecular complexity index is 688. The summed E-state index contributed by atoms with van der Waals surface area (Å²) in [6.45, 7) is 4.58. The summed E-state index contributed by atoms with van der Waals surface area (Å²) in [5, 5.41) is 11.0. The first-order chi connectivity index (χ1) is 12.6. The normalized spacial score (nSPS) is 16.3. The van der Waals surface area contributed by atoms with Crippen LogP contribution in [-0.2, 0) is 0 Å². The van der Waals surface area contributed by atoms with Crippen LogP contribution in [0.3, 0.4) is 0 Å². The van der Waals surface area contributed by atoms with E-state index in [1.807, 2.05) is 36.4 Å². The molecule has 26 heavy (non-hydrogen) atoms. The van der Waals surface area contributed by atoms with Crippen LogP contribution >= 0.6 is 11.6 Å². The minimum Gasteiger partial charge on any atom is -0.497 e. The lowest BCUT2D eigenvalue weighted by atomic mass is 10.2. The van der Waals surface area contributed by atoms with Crippen LogP contribution < -0.4 is 14.4 Å². The van der Waals surface area contributed by atoms with Gasteiger partial charge in [-0.3, -0.25) is 4.90 Å². The van der Waals surface area contributed by atoms with Gasteiger partial charge in [-0.15, -0.1) is 0 Å². The third-order valence-electron chi connectivity index (χ3n) is 4.52. The molecule has 5 nitrogen and oxygen atoms in total. The molecule has 1 heterocycles. The van der Waals surface area contributed by atoms with E-state index in [1.54, 1.807) is 7.11 Å². The number of methoxy groups -OCH3 is 1. The molecule has 2 aromatic carbocycles. The number of piperazine rings is 1. The van der Waals surface area contributed by atoms with Crippen molar-refractivity contribution in [2.75, 3.05) is 51.3 Å². The Morgan fingerprint density at radius 2 is 1.73 bits per heavy atom. The quantitative estimate of drug-likeness (QED) is 0.805. The summed E-state index contributed by atoms with van der Waals surface area (Å²) in [5.41, 5.74) is 1.19. The molecule has 3 rings (SSSR count). The van der Waals surface area contributed by atoms with Crippen molar-refractivity contribution < 1.29 is 14.6 Å². The Balaban J connectivity index is 1.41. The Hall–Kier alpha value is -1.95. The predicted molar refractivity (Wildman–Crippen MR) is 105 cm³/mol. The van der Waals surface area contributed by atoms with Gasteiger partial charge in [-0.25, -0.2) is 0 Å². The van der Waals surface area contributed by atoms with E-state index in [4.69, 9.17) is 21.1 Å². The molecule has 0 aliphatic carbocycles. The number of nitrogens with zero attached hydrogens (tertiary/aromatic N) is 2. The van der Waals surface area contributed by atoms with E-state index in [1.165, 1.54) is 5.69 Å². The topological polar surface area (TPSA) is 45.2 Å². The van der Waals surface area contributed by atoms with Gasteiger partial charge in [0.2, 0.25) is 0 Å². The highest BCUT2D eigenvalue weighted by atomic mass is 35.5. The molecule has 0 amide bonds. The maximum Gasteiger partial charge on any atom is 0.123 e. The summed E-state index contributed by atoms with van der Waals surface area (Å²) in [7, 11) is 1.62. The fraction of sp³-hybridized carbons (Fsp3) is 0.400. The highest BCUT2D eigenvalue weighted by molar-refractivity contribution is 6.30. The number of β-amino-alcohol motifs (C(OH)–C–C–N with tert-alkyl or cyclic N) is 1. The number of aliphatic hydroxyl groups is 1. The minimum absolute atomic E-state index is 0.268. The molecule has 0 saturated carbocycles. The smallest absolute Gasteiger partial charge is 0.123 e. The molecule has 0 unspecified atom stereocenters. The molecule has 0 spiro atoms. The third kappa shape index (κ3) is 5.27. The van der Waals surface area contributed by atoms with Gasteiger partial charge >= 0.3 is 0 Å². The second-order valence-electron chi connectivity index (χ2n) is 6.41. The van der Waals surface area contributed by atoms with E-state index in [0.29, 0.717) is 12.3 Å². The Kier molecular flexibility index (Phi) is 6.61. The zero-order chi connectivity index (χ0) is 18.4. The second kappa shape index (κ2) is 9.12. The molecule has 1 aliphatic rings. The van der Waals surface area contributed by atoms with Crippen LogP contribution in [0.25, 0.3) is 0 Å². The van der Waals surface area contributed by atoms with E-state index in [-0.39, 0.29) is 6.61 Å². The zero-order valence-corrected chi connectivity index (χ0v) is 15.7. The number of ether oxygens (including phenoxy) is 2. The van der Waals surface area contributed by atoms with Crippen LogP contribution in [0.1, 0.15) is 0 Å². The Morgan fingerprint density at radius 3 is 2.42 bits per heavy atom. The first-order valence-electron chi connectivity index (χ1n) is 8.82. The monoisotopic (exact) mass is 376 g/mol. The SMILES string of the molecule is COc1cccc(OC[C@H](O)CN2CCN(c3ccc(Cl)cc3)CC2)c1. The van der Waals surface area contributed by atoms with Crippen molar-refractivity contribution in [1.82, 2.24) is 4.90 Å². The molecule has 6 heteroatoms. The number of hydrogen-bond acceptors (Lipinski definition) is 5. The summed E-state index contributed by atoms with van der Waals surface area (Å²) in [5.74, 6) is 1.45. The molecule has 1 fully saturated rings. The lowest BCUT2D eigenvalue weighted by Gasteiger charge is -2.36. The standard InChI is InChI=1S/C20H25ClN2O3/c1-25-19-3-2-4-20(13-19)26-15-18(24)14-22-9-11-23(12-10-22)17-7-5-16(21)6-8-17/h2-8,13,18,24H,9-12,14-15H2,1H3/t18-/m1/s1. The molecule has 140 valence electrons. The van der Waals surface area contributed by atoms with Crippen LogP contribution in [0.5, 0.6) is 11.5 Å². The number of hydrogen-bond donors (Lipinski definition) is 1. The molecule has 1 atom stereocenters. The zero-order valence-electron chi connectivity index (χ0n) is 15.0. The van der Waals surface area contributed by atoms with Gasteiger partial charge in [0.05, 0.1) is 7.11 Å². The number of anilines is 1. The second-order valence-corrected chi connectivity index (χ2v) is 6.84. The van der Waals surface area contributed by atoms with Gasteiger partial charge in [-0.05, 0) is 36.4 Å². The molecular formula is C20H25ClN2O3. The van der Waals surface area contributed by atoms with Crippen LogP contribution in [0.2, 0.25) is 5.02 Å². The van der Waals surface area contributed by atoms with E-state index in [0.717, 1.165) is 37.0 Å². The molecular weight excluding hydrogens is 352 g/mol. The molecule has 1 aliphatic heterocycles. The fourth-order valence-corrected chi connectivity index (χ4v) is 3.20. The third-order valence-corrected chi connectivity index (χ3v) is 4.77. The van der Waals surface area contributed by atoms with Crippen molar-refractivity contribution in [1.29, 1.82) is 0 Å². The predicted octanol–water partition coefficient (Wildman–Crippen LogP) is 2.91. The maximum atomic E-state index is 10.3. The summed E-state index contributed by atoms with van der Waals surface area (Å²) >= 11 is 5.95. The van der Waals surface area contributed by atoms with Crippen LogP contribution in [-0.4, -0.2) is 62.6 Å². The first-order valence-corrected chi connectivity index (χ1v) is 9.19. The van der Waals surface area contributed by atoms with Crippen molar-refractivity contribution in [2.45, 2.75) is 6.10 Å². The van der Waals surface area contributed by atoms with Crippen molar-refractivity contribution in [2.24, 2.45) is 0 Å². The van der Waals surface area contributed by atoms with E-state index < -0.39 is 6.10 Å². The molecule has 0 aromatic heterocycles. The highest BCUT2D eigenvalue weighted by Gasteiger charge is 2.19. The fourth-order valence-electron chi connectivity index (χ4n) is 3.07. The summed E-state index contributed by atoms with van der Waals surface area (Å²) in [4.78, 5) is 4.61. The van der Waals surface area contributed by atoms with Crippen molar-refractivity contribution in [3.63, 3.8) is 0 Å². The van der Waals surface area contributed by atoms with E-state index in [2.05, 4.69) is 21.9 Å². The van der Waals surface area contributed by atoms with Crippen LogP contribution in [0.4, 0.5) is 5.69 Å². The number of benzene rings is 2. The van der Waals surface area contributed by atoms with Gasteiger partial charge in [-0.1, -0.05) is 17.7 Å². The molecule has 1 N–H and O–H groups in total. The van der Waals surface area contributed by atoms with Gasteiger partial charge in [0.25, 0.3) is 0 Å². The maximum absolute atomic E-state index is 10.3. The Labute approximate surface area is 159 Å². The molecule has 1 saturated heterocycles. The number of aliphatic hydroxyl groups excluding tert-OH is 1. The van der Waals surface area contributed by atoms with Crippen molar-refractivity contribution in [3.05, 3.63) is 53.6 Å². The van der Waals surface area contributed by atoms with Gasteiger partial charge in [0.1, 0.15) is 24.2 Å². The molecule has 2 aromatic rings. The van der Waals surface area contributed by atoms with Gasteiger partial charge in [0, 0.05) is 49.5 Å². The number of rotatable bonds is 7. The van der Waals surface area contributed by atoms with E-state index >= 15 is 0 Å². The molecule has 0 radical (unpaired) electrons. The van der Waals surface area contributed by atoms with Crippen LogP contribution in [0, 0.1) is 0 Å². The van der Waals surface area contributed by atoms with E-state index in [9.17, 15) is 5.11 Å². The summed E-state index contributed by atoms with van der Waals surface area (Å²) in [6.07, 6.45) is -0.525. The minimum atomic E-state index is -0.525. The first kappa shape index (κ1) is 18.8. The Morgan fingerprint density at radius 1 is 1.04 bits per heavy atom. The van der Waals surface area contributed by atoms with Crippen molar-refractivity contribution in [3.8, 4) is 11.5 Å². The number of halogens is 1. The van der Waals surface area contributed by atoms with Gasteiger partial charge in [-0.2, -0.15) is 0 Å². The average molecular weight is 377 g/mol. The van der Waals surface area contributed by atoms with Gasteiger partial charge < -0.3 is 19.5 Å².